The van der Waals surface area contributed by atoms with E-state index in [4.69, 9.17) is 0 Å². The number of nitrogens with zero attached hydrogens (tertiary/aromatic N) is 4. The van der Waals surface area contributed by atoms with E-state index >= 15 is 0 Å². The van der Waals surface area contributed by atoms with Crippen molar-refractivity contribution in [3.8, 4) is 0 Å². The van der Waals surface area contributed by atoms with E-state index in [-0.39, 0.29) is 11.7 Å². The number of ketones is 1. The summed E-state index contributed by atoms with van der Waals surface area (Å²) in [6.07, 6.45) is 4.80. The molecule has 0 radical (unpaired) electrons. The Morgan fingerprint density at radius 3 is 2.75 bits per heavy atom. The van der Waals surface area contributed by atoms with E-state index in [1.165, 1.54) is 11.1 Å². The number of carbonyl (C=O) groups excluding carboxylic acids is 1. The van der Waals surface area contributed by atoms with Gasteiger partial charge in [0.05, 0.1) is 11.3 Å². The minimum absolute atomic E-state index is 0.142. The molecule has 1 aromatic carbocycles. The number of rotatable bonds is 3. The molecule has 122 valence electrons. The average molecular weight is 320 g/mol. The van der Waals surface area contributed by atoms with Crippen molar-refractivity contribution in [2.45, 2.75) is 45.4 Å². The Kier molecular flexibility index (Phi) is 3.63. The maximum atomic E-state index is 12.6. The van der Waals surface area contributed by atoms with Gasteiger partial charge in [0.1, 0.15) is 0 Å². The van der Waals surface area contributed by atoms with Crippen molar-refractivity contribution >= 4 is 11.6 Å². The van der Waals surface area contributed by atoms with Crippen LogP contribution in [-0.2, 0) is 12.8 Å². The number of aromatic nitrogens is 4. The molecule has 0 amide bonds. The lowest BCUT2D eigenvalue weighted by molar-refractivity contribution is 0.0962. The summed E-state index contributed by atoms with van der Waals surface area (Å²) in [4.78, 5) is 21.4. The molecule has 1 atom stereocenters. The summed E-state index contributed by atoms with van der Waals surface area (Å²) < 4.78 is 1.78. The normalized spacial score (nSPS) is 17.2. The molecule has 5 nitrogen and oxygen atoms in total. The van der Waals surface area contributed by atoms with Crippen LogP contribution in [0.2, 0.25) is 0 Å². The Hall–Kier alpha value is -2.56. The van der Waals surface area contributed by atoms with Crippen molar-refractivity contribution in [2.24, 2.45) is 0 Å². The third-order valence-corrected chi connectivity index (χ3v) is 4.70. The number of benzene rings is 1. The second kappa shape index (κ2) is 5.82. The highest BCUT2D eigenvalue weighted by molar-refractivity contribution is 5.98. The highest BCUT2D eigenvalue weighted by atomic mass is 16.1. The highest BCUT2D eigenvalue weighted by Crippen LogP contribution is 2.32. The van der Waals surface area contributed by atoms with Crippen molar-refractivity contribution in [1.82, 2.24) is 19.6 Å². The van der Waals surface area contributed by atoms with Gasteiger partial charge < -0.3 is 0 Å². The number of carbonyl (C=O) groups is 1. The van der Waals surface area contributed by atoms with Gasteiger partial charge in [0.2, 0.25) is 0 Å². The standard InChI is InChI=1S/C19H20N4O/c1-3-4-18-21-19-20-11-15-16(23(19)22-18)9-14(10-17(15)24)13-7-5-12(2)6-8-13/h5-8,11,14H,3-4,9-10H2,1-2H3. The summed E-state index contributed by atoms with van der Waals surface area (Å²) in [5, 5.41) is 4.58. The SMILES string of the molecule is CCCc1nc2ncc3c(n2n1)CC(c1ccc(C)cc1)CC3=O. The van der Waals surface area contributed by atoms with Crippen LogP contribution < -0.4 is 0 Å². The molecule has 1 aliphatic rings. The first kappa shape index (κ1) is 15.0. The van der Waals surface area contributed by atoms with Crippen LogP contribution in [0.3, 0.4) is 0 Å². The molecule has 1 unspecified atom stereocenters. The zero-order chi connectivity index (χ0) is 16.7. The van der Waals surface area contributed by atoms with Gasteiger partial charge in [0, 0.05) is 19.0 Å². The second-order valence-electron chi connectivity index (χ2n) is 6.55. The van der Waals surface area contributed by atoms with Crippen LogP contribution in [0.1, 0.15) is 58.7 Å². The summed E-state index contributed by atoms with van der Waals surface area (Å²) in [6, 6.07) is 8.46. The fourth-order valence-electron chi connectivity index (χ4n) is 3.39. The third-order valence-electron chi connectivity index (χ3n) is 4.70. The van der Waals surface area contributed by atoms with E-state index in [1.807, 2.05) is 0 Å². The van der Waals surface area contributed by atoms with E-state index in [1.54, 1.807) is 10.7 Å². The second-order valence-corrected chi connectivity index (χ2v) is 6.55. The van der Waals surface area contributed by atoms with E-state index in [2.05, 4.69) is 53.2 Å². The number of hydrogen-bond acceptors (Lipinski definition) is 4. The molecule has 0 N–H and O–H groups in total. The Morgan fingerprint density at radius 2 is 2.00 bits per heavy atom. The van der Waals surface area contributed by atoms with Crippen molar-refractivity contribution < 1.29 is 4.79 Å². The lowest BCUT2D eigenvalue weighted by Crippen LogP contribution is -2.22. The van der Waals surface area contributed by atoms with Gasteiger partial charge in [-0.2, -0.15) is 4.98 Å². The minimum Gasteiger partial charge on any atom is -0.294 e. The van der Waals surface area contributed by atoms with Gasteiger partial charge in [-0.25, -0.2) is 9.50 Å². The largest absolute Gasteiger partial charge is 0.294 e. The molecule has 2 heterocycles. The zero-order valence-corrected chi connectivity index (χ0v) is 14.0. The molecule has 2 aromatic heterocycles. The van der Waals surface area contributed by atoms with E-state index < -0.39 is 0 Å². The topological polar surface area (TPSA) is 60.1 Å². The smallest absolute Gasteiger partial charge is 0.252 e. The molecule has 0 saturated carbocycles. The first-order valence-corrected chi connectivity index (χ1v) is 8.49. The number of aryl methyl sites for hydroxylation is 2. The quantitative estimate of drug-likeness (QED) is 0.743. The summed E-state index contributed by atoms with van der Waals surface area (Å²) in [5.74, 6) is 1.72. The van der Waals surface area contributed by atoms with Crippen molar-refractivity contribution in [3.05, 3.63) is 58.7 Å². The van der Waals surface area contributed by atoms with Gasteiger partial charge in [-0.05, 0) is 31.2 Å². The number of hydrogen-bond donors (Lipinski definition) is 0. The van der Waals surface area contributed by atoms with Crippen LogP contribution in [0.25, 0.3) is 5.78 Å². The van der Waals surface area contributed by atoms with Crippen LogP contribution in [-0.4, -0.2) is 25.4 Å². The molecule has 0 aliphatic heterocycles. The molecule has 0 bridgehead atoms. The molecule has 4 rings (SSSR count). The Morgan fingerprint density at radius 1 is 1.21 bits per heavy atom. The number of Topliss-reactive ketones (excluding diaryl/α,β-unsaturated/α-hetero) is 1. The monoisotopic (exact) mass is 320 g/mol. The van der Waals surface area contributed by atoms with Gasteiger partial charge in [-0.3, -0.25) is 4.79 Å². The Bertz CT molecular complexity index is 911. The van der Waals surface area contributed by atoms with Crippen molar-refractivity contribution in [1.29, 1.82) is 0 Å². The molecule has 0 saturated heterocycles. The molecule has 0 fully saturated rings. The molecular formula is C19H20N4O. The zero-order valence-electron chi connectivity index (χ0n) is 14.0. The van der Waals surface area contributed by atoms with Gasteiger partial charge in [-0.15, -0.1) is 5.10 Å². The maximum Gasteiger partial charge on any atom is 0.252 e. The van der Waals surface area contributed by atoms with E-state index in [0.29, 0.717) is 17.8 Å². The summed E-state index contributed by atoms with van der Waals surface area (Å²) in [6.45, 7) is 4.18. The van der Waals surface area contributed by atoms with Gasteiger partial charge in [0.25, 0.3) is 5.78 Å². The molecule has 24 heavy (non-hydrogen) atoms. The van der Waals surface area contributed by atoms with E-state index in [9.17, 15) is 4.79 Å². The van der Waals surface area contributed by atoms with Gasteiger partial charge in [-0.1, -0.05) is 36.8 Å². The lowest BCUT2D eigenvalue weighted by atomic mass is 9.82. The summed E-state index contributed by atoms with van der Waals surface area (Å²) >= 11 is 0. The van der Waals surface area contributed by atoms with Crippen LogP contribution in [0, 0.1) is 6.92 Å². The van der Waals surface area contributed by atoms with Crippen LogP contribution in [0.5, 0.6) is 0 Å². The molecular weight excluding hydrogens is 300 g/mol. The van der Waals surface area contributed by atoms with E-state index in [0.717, 1.165) is 30.8 Å². The first-order valence-electron chi connectivity index (χ1n) is 8.49. The fourth-order valence-corrected chi connectivity index (χ4v) is 3.39. The molecule has 0 spiro atoms. The predicted octanol–water partition coefficient (Wildman–Crippen LogP) is 3.30. The minimum atomic E-state index is 0.142. The van der Waals surface area contributed by atoms with Crippen LogP contribution in [0.4, 0.5) is 0 Å². The first-order chi connectivity index (χ1) is 11.7. The predicted molar refractivity (Wildman–Crippen MR) is 91.3 cm³/mol. The van der Waals surface area contributed by atoms with Crippen molar-refractivity contribution in [3.63, 3.8) is 0 Å². The summed E-state index contributed by atoms with van der Waals surface area (Å²) in [7, 11) is 0. The van der Waals surface area contributed by atoms with Crippen molar-refractivity contribution in [2.75, 3.05) is 0 Å². The molecule has 3 aromatic rings. The van der Waals surface area contributed by atoms with Gasteiger partial charge in [0.15, 0.2) is 11.6 Å². The Labute approximate surface area is 140 Å². The number of fused-ring (bicyclic) bond motifs is 3. The highest BCUT2D eigenvalue weighted by Gasteiger charge is 2.29. The van der Waals surface area contributed by atoms with Crippen LogP contribution >= 0.6 is 0 Å². The van der Waals surface area contributed by atoms with Crippen LogP contribution in [0.15, 0.2) is 30.5 Å². The average Bonchev–Trinajstić information content (AvgIpc) is 2.99. The third kappa shape index (κ3) is 2.50. The lowest BCUT2D eigenvalue weighted by Gasteiger charge is -2.24. The Balaban J connectivity index is 1.78. The summed E-state index contributed by atoms with van der Waals surface area (Å²) in [5.41, 5.74) is 4.07. The maximum absolute atomic E-state index is 12.6. The fraction of sp³-hybridized carbons (Fsp3) is 0.368. The van der Waals surface area contributed by atoms with Gasteiger partial charge >= 0.3 is 0 Å². The molecule has 1 aliphatic carbocycles. The molecule has 5 heteroatoms.